The summed E-state index contributed by atoms with van der Waals surface area (Å²) in [5, 5.41) is 24.6. The number of aryl methyl sites for hydroxylation is 1. The van der Waals surface area contributed by atoms with Gasteiger partial charge in [0.25, 0.3) is 11.5 Å². The molecule has 1 amide bonds. The second-order valence-electron chi connectivity index (χ2n) is 5.61. The molecule has 0 spiro atoms. The molecule has 2 aromatic rings. The van der Waals surface area contributed by atoms with Gasteiger partial charge in [-0.3, -0.25) is 14.4 Å². The van der Waals surface area contributed by atoms with Gasteiger partial charge in [0.15, 0.2) is 5.69 Å². The van der Waals surface area contributed by atoms with Crippen LogP contribution in [0.5, 0.6) is 0 Å². The minimum absolute atomic E-state index is 0.0168. The maximum Gasteiger partial charge on any atom is 0.297 e. The third-order valence-electron chi connectivity index (χ3n) is 3.53. The highest BCUT2D eigenvalue weighted by Crippen LogP contribution is 2.25. The van der Waals surface area contributed by atoms with Crippen molar-refractivity contribution in [1.82, 2.24) is 15.3 Å². The summed E-state index contributed by atoms with van der Waals surface area (Å²) in [5.41, 5.74) is 1.59. The Kier molecular flexibility index (Phi) is 7.02. The standard InChI is InChI=1S/C16H18BrFN4O5/c1-8-13(19-12-4-3-9(17)5-11(12)18)14(20-22(2)16(8)26)15(25)21-27-7-10(24)6-23/h3-5,10,19,23-24H,6-7H2,1-2H3,(H,21,25)/t10-/m1/s1. The Bertz CT molecular complexity index is 905. The van der Waals surface area contributed by atoms with E-state index in [9.17, 15) is 19.1 Å². The normalized spacial score (nSPS) is 11.9. The molecule has 1 aromatic heterocycles. The molecule has 146 valence electrons. The number of nitrogens with one attached hydrogen (secondary N) is 2. The van der Waals surface area contributed by atoms with E-state index >= 15 is 0 Å². The molecule has 0 unspecified atom stereocenters. The quantitative estimate of drug-likeness (QED) is 0.464. The van der Waals surface area contributed by atoms with Gasteiger partial charge < -0.3 is 15.5 Å². The lowest BCUT2D eigenvalue weighted by molar-refractivity contribution is -0.0297. The molecule has 1 heterocycles. The van der Waals surface area contributed by atoms with Crippen LogP contribution in [0.1, 0.15) is 16.1 Å². The van der Waals surface area contributed by atoms with Crippen molar-refractivity contribution in [3.63, 3.8) is 0 Å². The second kappa shape index (κ2) is 9.04. The Hall–Kier alpha value is -2.34. The van der Waals surface area contributed by atoms with E-state index in [4.69, 9.17) is 9.94 Å². The highest BCUT2D eigenvalue weighted by molar-refractivity contribution is 9.10. The minimum atomic E-state index is -1.17. The Balaban J connectivity index is 2.36. The first kappa shape index (κ1) is 21.0. The molecule has 11 heteroatoms. The monoisotopic (exact) mass is 444 g/mol. The van der Waals surface area contributed by atoms with E-state index in [0.29, 0.717) is 4.47 Å². The third kappa shape index (κ3) is 5.10. The SMILES string of the molecule is Cc1c(Nc2ccc(Br)cc2F)c(C(=O)NOC[C@H](O)CO)nn(C)c1=O. The van der Waals surface area contributed by atoms with E-state index in [2.05, 4.69) is 31.8 Å². The number of anilines is 2. The lowest BCUT2D eigenvalue weighted by Crippen LogP contribution is -2.34. The van der Waals surface area contributed by atoms with E-state index in [1.54, 1.807) is 6.07 Å². The number of carbonyl (C=O) groups excluding carboxylic acids is 1. The van der Waals surface area contributed by atoms with Crippen LogP contribution in [0.25, 0.3) is 0 Å². The number of aromatic nitrogens is 2. The van der Waals surface area contributed by atoms with Crippen LogP contribution < -0.4 is 16.4 Å². The fourth-order valence-electron chi connectivity index (χ4n) is 2.11. The molecule has 27 heavy (non-hydrogen) atoms. The van der Waals surface area contributed by atoms with Crippen LogP contribution in [0.15, 0.2) is 27.5 Å². The van der Waals surface area contributed by atoms with Crippen molar-refractivity contribution >= 4 is 33.2 Å². The molecule has 0 aliphatic rings. The predicted molar refractivity (Wildman–Crippen MR) is 98.1 cm³/mol. The minimum Gasteiger partial charge on any atom is -0.394 e. The van der Waals surface area contributed by atoms with Crippen molar-refractivity contribution in [1.29, 1.82) is 0 Å². The summed E-state index contributed by atoms with van der Waals surface area (Å²) in [5.74, 6) is -1.42. The number of aliphatic hydroxyl groups is 2. The molecule has 2 rings (SSSR count). The molecule has 0 radical (unpaired) electrons. The molecule has 0 fully saturated rings. The molecule has 9 nitrogen and oxygen atoms in total. The number of hydrogen-bond acceptors (Lipinski definition) is 7. The lowest BCUT2D eigenvalue weighted by Gasteiger charge is -2.16. The van der Waals surface area contributed by atoms with Gasteiger partial charge in [-0.25, -0.2) is 14.6 Å². The number of benzene rings is 1. The van der Waals surface area contributed by atoms with Crippen molar-refractivity contribution in [3.8, 4) is 0 Å². The zero-order valence-electron chi connectivity index (χ0n) is 14.5. The summed E-state index contributed by atoms with van der Waals surface area (Å²) >= 11 is 3.15. The highest BCUT2D eigenvalue weighted by atomic mass is 79.9. The lowest BCUT2D eigenvalue weighted by atomic mass is 10.2. The van der Waals surface area contributed by atoms with Crippen LogP contribution in [0.4, 0.5) is 15.8 Å². The molecule has 4 N–H and O–H groups in total. The maximum atomic E-state index is 14.1. The van der Waals surface area contributed by atoms with Gasteiger partial charge in [0.05, 0.1) is 18.0 Å². The van der Waals surface area contributed by atoms with Gasteiger partial charge in [0.2, 0.25) is 0 Å². The van der Waals surface area contributed by atoms with E-state index in [-0.39, 0.29) is 29.2 Å². The maximum absolute atomic E-state index is 14.1. The number of rotatable bonds is 7. The zero-order chi connectivity index (χ0) is 20.1. The van der Waals surface area contributed by atoms with Gasteiger partial charge in [-0.05, 0) is 25.1 Å². The fourth-order valence-corrected chi connectivity index (χ4v) is 2.45. The summed E-state index contributed by atoms with van der Waals surface area (Å²) in [6.07, 6.45) is -1.17. The summed E-state index contributed by atoms with van der Waals surface area (Å²) in [6.45, 7) is 0.579. The molecule has 1 atom stereocenters. The van der Waals surface area contributed by atoms with Gasteiger partial charge in [-0.1, -0.05) is 15.9 Å². The number of hydrogen-bond donors (Lipinski definition) is 4. The van der Waals surface area contributed by atoms with Gasteiger partial charge in [0, 0.05) is 17.1 Å². The first-order valence-corrected chi connectivity index (χ1v) is 8.55. The molecule has 0 aliphatic heterocycles. The van der Waals surface area contributed by atoms with E-state index < -0.39 is 30.0 Å². The predicted octanol–water partition coefficient (Wildman–Crippen LogP) is 0.749. The average molecular weight is 445 g/mol. The molecule has 0 bridgehead atoms. The van der Waals surface area contributed by atoms with Crippen LogP contribution >= 0.6 is 15.9 Å². The van der Waals surface area contributed by atoms with Crippen molar-refractivity contribution < 1.29 is 24.2 Å². The Morgan fingerprint density at radius 1 is 1.48 bits per heavy atom. The van der Waals surface area contributed by atoms with Crippen LogP contribution in [0.2, 0.25) is 0 Å². The molecule has 0 saturated carbocycles. The second-order valence-corrected chi connectivity index (χ2v) is 6.52. The highest BCUT2D eigenvalue weighted by Gasteiger charge is 2.21. The summed E-state index contributed by atoms with van der Waals surface area (Å²) < 4.78 is 15.6. The Morgan fingerprint density at radius 3 is 2.81 bits per heavy atom. The molecular weight excluding hydrogens is 427 g/mol. The van der Waals surface area contributed by atoms with Crippen LogP contribution in [0, 0.1) is 12.7 Å². The average Bonchev–Trinajstić information content (AvgIpc) is 2.63. The van der Waals surface area contributed by atoms with Crippen molar-refractivity contribution in [2.75, 3.05) is 18.5 Å². The first-order valence-electron chi connectivity index (χ1n) is 7.75. The number of amides is 1. The molecule has 1 aromatic carbocycles. The van der Waals surface area contributed by atoms with Gasteiger partial charge in [-0.15, -0.1) is 0 Å². The Morgan fingerprint density at radius 2 is 2.19 bits per heavy atom. The summed E-state index contributed by atoms with van der Waals surface area (Å²) in [4.78, 5) is 29.4. The number of hydroxylamine groups is 1. The third-order valence-corrected chi connectivity index (χ3v) is 4.03. The van der Waals surface area contributed by atoms with Crippen molar-refractivity contribution in [2.24, 2.45) is 7.05 Å². The first-order chi connectivity index (χ1) is 12.7. The molecule has 0 saturated heterocycles. The van der Waals surface area contributed by atoms with Gasteiger partial charge in [0.1, 0.15) is 18.5 Å². The fraction of sp³-hybridized carbons (Fsp3) is 0.312. The summed E-state index contributed by atoms with van der Waals surface area (Å²) in [7, 11) is 1.37. The topological polar surface area (TPSA) is 126 Å². The summed E-state index contributed by atoms with van der Waals surface area (Å²) in [6, 6.07) is 4.26. The Labute approximate surface area is 161 Å². The van der Waals surface area contributed by atoms with Crippen molar-refractivity contribution in [3.05, 3.63) is 50.1 Å². The van der Waals surface area contributed by atoms with Crippen LogP contribution in [0.3, 0.4) is 0 Å². The zero-order valence-corrected chi connectivity index (χ0v) is 16.1. The molecule has 0 aliphatic carbocycles. The van der Waals surface area contributed by atoms with Gasteiger partial charge in [-0.2, -0.15) is 5.10 Å². The number of nitrogens with zero attached hydrogens (tertiary/aromatic N) is 2. The van der Waals surface area contributed by atoms with Crippen LogP contribution in [-0.2, 0) is 11.9 Å². The van der Waals surface area contributed by atoms with E-state index in [1.807, 2.05) is 0 Å². The smallest absolute Gasteiger partial charge is 0.297 e. The number of carbonyl (C=O) groups is 1. The van der Waals surface area contributed by atoms with Gasteiger partial charge >= 0.3 is 0 Å². The largest absolute Gasteiger partial charge is 0.394 e. The van der Waals surface area contributed by atoms with Crippen LogP contribution in [-0.4, -0.2) is 45.2 Å². The van der Waals surface area contributed by atoms with Crippen molar-refractivity contribution in [2.45, 2.75) is 13.0 Å². The number of aliphatic hydroxyl groups excluding tert-OH is 2. The number of halogens is 2. The molecular formula is C16H18BrFN4O5. The van der Waals surface area contributed by atoms with E-state index in [1.165, 1.54) is 26.1 Å². The van der Waals surface area contributed by atoms with E-state index in [0.717, 1.165) is 4.68 Å².